The number of furan rings is 1. The van der Waals surface area contributed by atoms with Crippen LogP contribution in [0.4, 0.5) is 0 Å². The van der Waals surface area contributed by atoms with E-state index in [0.717, 1.165) is 21.1 Å². The van der Waals surface area contributed by atoms with Crippen molar-refractivity contribution in [2.45, 2.75) is 26.9 Å². The second-order valence-corrected chi connectivity index (χ2v) is 9.75. The normalized spacial score (nSPS) is 20.8. The van der Waals surface area contributed by atoms with E-state index >= 15 is 0 Å². The molecule has 2 unspecified atom stereocenters. The molecule has 1 aliphatic rings. The monoisotopic (exact) mass is 466 g/mol. The summed E-state index contributed by atoms with van der Waals surface area (Å²) in [5, 5.41) is 0. The second-order valence-electron chi connectivity index (χ2n) is 6.97. The fourth-order valence-corrected chi connectivity index (χ4v) is 3.78. The summed E-state index contributed by atoms with van der Waals surface area (Å²) in [7, 11) is 0. The van der Waals surface area contributed by atoms with E-state index in [9.17, 15) is 4.79 Å². The smallest absolute Gasteiger partial charge is 0.310 e. The molecule has 0 spiro atoms. The predicted molar refractivity (Wildman–Crippen MR) is 104 cm³/mol. The Balaban J connectivity index is 1.54. The zero-order chi connectivity index (χ0) is 18.0. The summed E-state index contributed by atoms with van der Waals surface area (Å²) >= 11 is 6.72. The number of hydrogen-bond acceptors (Lipinski definition) is 3. The zero-order valence-corrected chi connectivity index (χ0v) is 17.3. The first kappa shape index (κ1) is 18.5. The van der Waals surface area contributed by atoms with Crippen molar-refractivity contribution in [1.29, 1.82) is 0 Å². The van der Waals surface area contributed by atoms with Crippen LogP contribution in [-0.2, 0) is 22.6 Å². The van der Waals surface area contributed by atoms with Gasteiger partial charge in [0.15, 0.2) is 0 Å². The van der Waals surface area contributed by atoms with E-state index in [2.05, 4.69) is 57.8 Å². The SMILES string of the molecule is CC1(C)C(C=C(Br)Br)C1C(=O)OCc1coc(Cc2ccccc2)c1. The van der Waals surface area contributed by atoms with Gasteiger partial charge >= 0.3 is 5.97 Å². The first-order chi connectivity index (χ1) is 11.9. The van der Waals surface area contributed by atoms with Crippen LogP contribution in [0.15, 0.2) is 56.5 Å². The molecule has 0 bridgehead atoms. The molecule has 3 rings (SSSR count). The third kappa shape index (κ3) is 4.45. The molecule has 0 saturated heterocycles. The highest BCUT2D eigenvalue weighted by Crippen LogP contribution is 2.60. The Labute approximate surface area is 164 Å². The summed E-state index contributed by atoms with van der Waals surface area (Å²) in [6.07, 6.45) is 4.41. The summed E-state index contributed by atoms with van der Waals surface area (Å²) in [6.45, 7) is 4.41. The van der Waals surface area contributed by atoms with Crippen LogP contribution < -0.4 is 0 Å². The first-order valence-electron chi connectivity index (χ1n) is 8.17. The molecule has 0 radical (unpaired) electrons. The number of rotatable bonds is 6. The molecule has 0 N–H and O–H groups in total. The van der Waals surface area contributed by atoms with Gasteiger partial charge in [0.05, 0.1) is 15.6 Å². The minimum atomic E-state index is -0.154. The van der Waals surface area contributed by atoms with Gasteiger partial charge in [-0.15, -0.1) is 0 Å². The van der Waals surface area contributed by atoms with E-state index < -0.39 is 0 Å². The maximum atomic E-state index is 12.4. The molecule has 132 valence electrons. The van der Waals surface area contributed by atoms with Crippen molar-refractivity contribution in [2.24, 2.45) is 17.3 Å². The van der Waals surface area contributed by atoms with E-state index in [1.54, 1.807) is 6.26 Å². The molecule has 1 fully saturated rings. The van der Waals surface area contributed by atoms with E-state index in [-0.39, 0.29) is 29.8 Å². The maximum Gasteiger partial charge on any atom is 0.310 e. The number of carbonyl (C=O) groups is 1. The molecule has 3 nitrogen and oxygen atoms in total. The Bertz CT molecular complexity index is 773. The third-order valence-corrected chi connectivity index (χ3v) is 5.31. The first-order valence-corrected chi connectivity index (χ1v) is 9.76. The number of carbonyl (C=O) groups excluding carboxylic acids is 1. The van der Waals surface area contributed by atoms with Gasteiger partial charge in [0.25, 0.3) is 0 Å². The van der Waals surface area contributed by atoms with Crippen molar-refractivity contribution in [3.63, 3.8) is 0 Å². The highest BCUT2D eigenvalue weighted by atomic mass is 79.9. The highest BCUT2D eigenvalue weighted by molar-refractivity contribution is 9.28. The van der Waals surface area contributed by atoms with Gasteiger partial charge in [-0.05, 0) is 54.8 Å². The van der Waals surface area contributed by atoms with Crippen molar-refractivity contribution in [3.05, 3.63) is 69.0 Å². The van der Waals surface area contributed by atoms with Gasteiger partial charge in [0.2, 0.25) is 0 Å². The largest absolute Gasteiger partial charge is 0.469 e. The number of halogens is 2. The minimum Gasteiger partial charge on any atom is -0.469 e. The second kappa shape index (κ2) is 7.50. The van der Waals surface area contributed by atoms with E-state index in [0.29, 0.717) is 0 Å². The van der Waals surface area contributed by atoms with Crippen molar-refractivity contribution in [1.82, 2.24) is 0 Å². The lowest BCUT2D eigenvalue weighted by atomic mass is 10.1. The molecule has 2 aromatic rings. The summed E-state index contributed by atoms with van der Waals surface area (Å²) < 4.78 is 12.0. The van der Waals surface area contributed by atoms with Crippen LogP contribution in [0.2, 0.25) is 0 Å². The van der Waals surface area contributed by atoms with Crippen LogP contribution in [0.3, 0.4) is 0 Å². The van der Waals surface area contributed by atoms with Gasteiger partial charge in [0, 0.05) is 12.0 Å². The lowest BCUT2D eigenvalue weighted by molar-refractivity contribution is -0.147. The van der Waals surface area contributed by atoms with Crippen molar-refractivity contribution in [3.8, 4) is 0 Å². The predicted octanol–water partition coefficient (Wildman–Crippen LogP) is 5.82. The van der Waals surface area contributed by atoms with Crippen LogP contribution >= 0.6 is 31.9 Å². The fourth-order valence-electron chi connectivity index (χ4n) is 3.21. The molecule has 1 aliphatic carbocycles. The Morgan fingerprint density at radius 1 is 1.24 bits per heavy atom. The van der Waals surface area contributed by atoms with E-state index in [1.165, 1.54) is 5.56 Å². The average molecular weight is 468 g/mol. The molecule has 2 atom stereocenters. The number of benzene rings is 1. The van der Waals surface area contributed by atoms with Crippen LogP contribution in [-0.4, -0.2) is 5.97 Å². The Hall–Kier alpha value is -1.33. The van der Waals surface area contributed by atoms with Crippen LogP contribution in [0, 0.1) is 17.3 Å². The topological polar surface area (TPSA) is 39.4 Å². The number of esters is 1. The van der Waals surface area contributed by atoms with Crippen molar-refractivity contribution >= 4 is 37.8 Å². The molecule has 0 aliphatic heterocycles. The summed E-state index contributed by atoms with van der Waals surface area (Å²) in [5.74, 6) is 0.798. The standard InChI is InChI=1S/C20H20Br2O3/c1-20(2)16(10-17(21)22)18(20)19(23)25-12-14-9-15(24-11-14)8-13-6-4-3-5-7-13/h3-7,9-11,16,18H,8,12H2,1-2H3. The Morgan fingerprint density at radius 3 is 2.64 bits per heavy atom. The van der Waals surface area contributed by atoms with Gasteiger partial charge in [-0.3, -0.25) is 4.79 Å². The van der Waals surface area contributed by atoms with Gasteiger partial charge in [-0.2, -0.15) is 0 Å². The maximum absolute atomic E-state index is 12.4. The molecule has 0 amide bonds. The van der Waals surface area contributed by atoms with Crippen LogP contribution in [0.25, 0.3) is 0 Å². The van der Waals surface area contributed by atoms with E-state index in [4.69, 9.17) is 9.15 Å². The number of allylic oxidation sites excluding steroid dienone is 1. The molecular weight excluding hydrogens is 448 g/mol. The quantitative estimate of drug-likeness (QED) is 0.502. The Morgan fingerprint density at radius 2 is 1.96 bits per heavy atom. The molecular formula is C20H20Br2O3. The van der Waals surface area contributed by atoms with Gasteiger partial charge in [-0.1, -0.05) is 50.3 Å². The molecule has 25 heavy (non-hydrogen) atoms. The molecule has 1 aromatic heterocycles. The highest BCUT2D eigenvalue weighted by Gasteiger charge is 2.61. The molecule has 5 heteroatoms. The van der Waals surface area contributed by atoms with Crippen LogP contribution in [0.5, 0.6) is 0 Å². The Kier molecular flexibility index (Phi) is 5.54. The van der Waals surface area contributed by atoms with Gasteiger partial charge in [0.1, 0.15) is 12.4 Å². The van der Waals surface area contributed by atoms with Crippen molar-refractivity contribution in [2.75, 3.05) is 0 Å². The van der Waals surface area contributed by atoms with Gasteiger partial charge < -0.3 is 9.15 Å². The molecule has 1 heterocycles. The van der Waals surface area contributed by atoms with Crippen molar-refractivity contribution < 1.29 is 13.9 Å². The molecule has 1 saturated carbocycles. The molecule has 1 aromatic carbocycles. The average Bonchev–Trinajstić information content (AvgIpc) is 2.90. The third-order valence-electron chi connectivity index (χ3n) is 4.78. The van der Waals surface area contributed by atoms with Crippen LogP contribution in [0.1, 0.15) is 30.7 Å². The minimum absolute atomic E-state index is 0.0707. The number of ether oxygens (including phenoxy) is 1. The van der Waals surface area contributed by atoms with E-state index in [1.807, 2.05) is 30.3 Å². The number of hydrogen-bond donors (Lipinski definition) is 0. The summed E-state index contributed by atoms with van der Waals surface area (Å²) in [5.41, 5.74) is 2.00. The van der Waals surface area contributed by atoms with Gasteiger partial charge in [-0.25, -0.2) is 0 Å². The fraction of sp³-hybridized carbons (Fsp3) is 0.350. The zero-order valence-electron chi connectivity index (χ0n) is 14.2. The summed E-state index contributed by atoms with van der Waals surface area (Å²) in [4.78, 5) is 12.4. The lowest BCUT2D eigenvalue weighted by Gasteiger charge is -2.03. The lowest BCUT2D eigenvalue weighted by Crippen LogP contribution is -2.10. The summed E-state index contributed by atoms with van der Waals surface area (Å²) in [6, 6.07) is 12.1.